The first-order chi connectivity index (χ1) is 12.4. The summed E-state index contributed by atoms with van der Waals surface area (Å²) in [5.74, 6) is 0.229. The predicted octanol–water partition coefficient (Wildman–Crippen LogP) is 5.70. The maximum atomic E-state index is 12.0. The van der Waals surface area contributed by atoms with E-state index in [0.717, 1.165) is 5.56 Å². The van der Waals surface area contributed by atoms with Crippen LogP contribution in [-0.4, -0.2) is 24.2 Å². The van der Waals surface area contributed by atoms with Crippen LogP contribution in [0, 0.1) is 0 Å². The number of hydrogen-bond acceptors (Lipinski definition) is 4. The van der Waals surface area contributed by atoms with Gasteiger partial charge in [-0.3, -0.25) is 4.79 Å². The van der Waals surface area contributed by atoms with Gasteiger partial charge in [0.15, 0.2) is 0 Å². The summed E-state index contributed by atoms with van der Waals surface area (Å²) in [5, 5.41) is 3.96. The zero-order chi connectivity index (χ0) is 19.1. The summed E-state index contributed by atoms with van der Waals surface area (Å²) in [4.78, 5) is 23.7. The summed E-state index contributed by atoms with van der Waals surface area (Å²) in [6.07, 6.45) is 0. The SMILES string of the molecule is CCOC(=O)c1ccc(NC(=O)CSCc2ccc(Cl)c(Cl)c2)cc1Cl. The third kappa shape index (κ3) is 6.09. The quantitative estimate of drug-likeness (QED) is 0.571. The molecule has 0 aliphatic carbocycles. The molecule has 0 atom stereocenters. The Morgan fingerprint density at radius 1 is 1.04 bits per heavy atom. The Labute approximate surface area is 171 Å². The van der Waals surface area contributed by atoms with Crippen molar-refractivity contribution in [2.75, 3.05) is 17.7 Å². The lowest BCUT2D eigenvalue weighted by molar-refractivity contribution is -0.113. The average molecular weight is 433 g/mol. The van der Waals surface area contributed by atoms with Crippen molar-refractivity contribution in [3.8, 4) is 0 Å². The summed E-state index contributed by atoms with van der Waals surface area (Å²) >= 11 is 19.4. The number of carbonyl (C=O) groups is 2. The molecular weight excluding hydrogens is 417 g/mol. The highest BCUT2D eigenvalue weighted by Gasteiger charge is 2.12. The fourth-order valence-corrected chi connectivity index (χ4v) is 3.41. The van der Waals surface area contributed by atoms with Gasteiger partial charge in [0, 0.05) is 11.4 Å². The number of thioether (sulfide) groups is 1. The van der Waals surface area contributed by atoms with Crippen molar-refractivity contribution in [3.05, 3.63) is 62.6 Å². The highest BCUT2D eigenvalue weighted by Crippen LogP contribution is 2.25. The molecule has 26 heavy (non-hydrogen) atoms. The molecule has 8 heteroatoms. The van der Waals surface area contributed by atoms with Crippen LogP contribution in [0.5, 0.6) is 0 Å². The predicted molar refractivity (Wildman–Crippen MR) is 109 cm³/mol. The van der Waals surface area contributed by atoms with Crippen LogP contribution in [0.2, 0.25) is 15.1 Å². The van der Waals surface area contributed by atoms with E-state index in [0.29, 0.717) is 21.5 Å². The van der Waals surface area contributed by atoms with E-state index in [4.69, 9.17) is 39.5 Å². The molecule has 2 rings (SSSR count). The zero-order valence-electron chi connectivity index (χ0n) is 13.9. The summed E-state index contributed by atoms with van der Waals surface area (Å²) in [7, 11) is 0. The van der Waals surface area contributed by atoms with Gasteiger partial charge in [-0.1, -0.05) is 40.9 Å². The minimum Gasteiger partial charge on any atom is -0.462 e. The zero-order valence-corrected chi connectivity index (χ0v) is 16.9. The second-order valence-electron chi connectivity index (χ2n) is 5.20. The minimum atomic E-state index is -0.493. The molecular formula is C18H16Cl3NO3S. The number of esters is 1. The molecule has 0 saturated heterocycles. The molecule has 0 aromatic heterocycles. The van der Waals surface area contributed by atoms with Gasteiger partial charge in [-0.25, -0.2) is 4.79 Å². The molecule has 0 saturated carbocycles. The number of nitrogens with one attached hydrogen (secondary N) is 1. The highest BCUT2D eigenvalue weighted by atomic mass is 35.5. The molecule has 1 N–H and O–H groups in total. The smallest absolute Gasteiger partial charge is 0.339 e. The molecule has 0 bridgehead atoms. The fraction of sp³-hybridized carbons (Fsp3) is 0.222. The van der Waals surface area contributed by atoms with Crippen molar-refractivity contribution in [1.29, 1.82) is 0 Å². The highest BCUT2D eigenvalue weighted by molar-refractivity contribution is 7.99. The molecule has 4 nitrogen and oxygen atoms in total. The summed E-state index contributed by atoms with van der Waals surface area (Å²) in [5.41, 5.74) is 1.77. The van der Waals surface area contributed by atoms with E-state index in [-0.39, 0.29) is 28.9 Å². The lowest BCUT2D eigenvalue weighted by Gasteiger charge is -2.08. The van der Waals surface area contributed by atoms with Crippen LogP contribution >= 0.6 is 46.6 Å². The van der Waals surface area contributed by atoms with Crippen molar-refractivity contribution < 1.29 is 14.3 Å². The molecule has 0 fully saturated rings. The minimum absolute atomic E-state index is 0.171. The van der Waals surface area contributed by atoms with Crippen molar-refractivity contribution in [1.82, 2.24) is 0 Å². The van der Waals surface area contributed by atoms with E-state index >= 15 is 0 Å². The molecule has 2 aromatic rings. The van der Waals surface area contributed by atoms with Crippen LogP contribution in [0.15, 0.2) is 36.4 Å². The number of hydrogen-bond donors (Lipinski definition) is 1. The number of anilines is 1. The molecule has 0 radical (unpaired) electrons. The van der Waals surface area contributed by atoms with Crippen LogP contribution in [0.3, 0.4) is 0 Å². The molecule has 0 heterocycles. The number of halogens is 3. The van der Waals surface area contributed by atoms with Crippen LogP contribution < -0.4 is 5.32 Å². The molecule has 0 spiro atoms. The second kappa shape index (κ2) is 10.1. The number of benzene rings is 2. The van der Waals surface area contributed by atoms with Gasteiger partial charge in [-0.2, -0.15) is 0 Å². The van der Waals surface area contributed by atoms with Gasteiger partial charge in [0.25, 0.3) is 0 Å². The van der Waals surface area contributed by atoms with Crippen LogP contribution in [-0.2, 0) is 15.3 Å². The molecule has 138 valence electrons. The van der Waals surface area contributed by atoms with Crippen LogP contribution in [0.25, 0.3) is 0 Å². The van der Waals surface area contributed by atoms with E-state index in [1.54, 1.807) is 25.1 Å². The Balaban J connectivity index is 1.86. The largest absolute Gasteiger partial charge is 0.462 e. The summed E-state index contributed by atoms with van der Waals surface area (Å²) in [6.45, 7) is 1.99. The number of carbonyl (C=O) groups excluding carboxylic acids is 2. The molecule has 0 unspecified atom stereocenters. The summed E-state index contributed by atoms with van der Waals surface area (Å²) < 4.78 is 4.91. The number of ether oxygens (including phenoxy) is 1. The first-order valence-corrected chi connectivity index (χ1v) is 9.97. The number of amides is 1. The summed E-state index contributed by atoms with van der Waals surface area (Å²) in [6, 6.07) is 10.0. The fourth-order valence-electron chi connectivity index (χ4n) is 2.06. The van der Waals surface area contributed by atoms with Gasteiger partial charge in [0.05, 0.1) is 33.0 Å². The van der Waals surface area contributed by atoms with Gasteiger partial charge in [0.2, 0.25) is 5.91 Å². The van der Waals surface area contributed by atoms with Crippen molar-refractivity contribution in [2.24, 2.45) is 0 Å². The Kier molecular flexibility index (Phi) is 8.10. The van der Waals surface area contributed by atoms with Crippen molar-refractivity contribution in [2.45, 2.75) is 12.7 Å². The van der Waals surface area contributed by atoms with Gasteiger partial charge >= 0.3 is 5.97 Å². The standard InChI is InChI=1S/C18H16Cl3NO3S/c1-2-25-18(24)13-5-4-12(8-15(13)20)22-17(23)10-26-9-11-3-6-14(19)16(21)7-11/h3-8H,2,9-10H2,1H3,(H,22,23). The second-order valence-corrected chi connectivity index (χ2v) is 7.41. The first kappa shape index (κ1) is 20.9. The van der Waals surface area contributed by atoms with E-state index in [2.05, 4.69) is 5.32 Å². The van der Waals surface area contributed by atoms with Crippen molar-refractivity contribution >= 4 is 64.1 Å². The van der Waals surface area contributed by atoms with Gasteiger partial charge in [-0.05, 0) is 42.8 Å². The monoisotopic (exact) mass is 431 g/mol. The maximum absolute atomic E-state index is 12.0. The van der Waals surface area contributed by atoms with E-state index in [9.17, 15) is 9.59 Å². The van der Waals surface area contributed by atoms with Crippen molar-refractivity contribution in [3.63, 3.8) is 0 Å². The Morgan fingerprint density at radius 3 is 2.46 bits per heavy atom. The Bertz CT molecular complexity index is 814. The number of rotatable bonds is 7. The topological polar surface area (TPSA) is 55.4 Å². The first-order valence-electron chi connectivity index (χ1n) is 7.69. The third-order valence-corrected chi connectivity index (χ3v) is 5.29. The van der Waals surface area contributed by atoms with E-state index in [1.807, 2.05) is 6.07 Å². The van der Waals surface area contributed by atoms with E-state index in [1.165, 1.54) is 23.9 Å². The molecule has 1 amide bonds. The Hall–Kier alpha value is -1.40. The molecule has 0 aliphatic rings. The van der Waals surface area contributed by atoms with Gasteiger partial charge in [-0.15, -0.1) is 11.8 Å². The van der Waals surface area contributed by atoms with Gasteiger partial charge < -0.3 is 10.1 Å². The maximum Gasteiger partial charge on any atom is 0.339 e. The molecule has 2 aromatic carbocycles. The lowest BCUT2D eigenvalue weighted by Crippen LogP contribution is -2.14. The van der Waals surface area contributed by atoms with Crippen LogP contribution in [0.4, 0.5) is 5.69 Å². The van der Waals surface area contributed by atoms with Gasteiger partial charge in [0.1, 0.15) is 0 Å². The normalized spacial score (nSPS) is 10.5. The molecule has 0 aliphatic heterocycles. The third-order valence-electron chi connectivity index (χ3n) is 3.23. The Morgan fingerprint density at radius 2 is 1.81 bits per heavy atom. The average Bonchev–Trinajstić information content (AvgIpc) is 2.58. The van der Waals surface area contributed by atoms with E-state index < -0.39 is 5.97 Å². The van der Waals surface area contributed by atoms with Crippen LogP contribution in [0.1, 0.15) is 22.8 Å². The lowest BCUT2D eigenvalue weighted by atomic mass is 10.2.